The van der Waals surface area contributed by atoms with Crippen LogP contribution < -0.4 is 10.6 Å². The van der Waals surface area contributed by atoms with Gasteiger partial charge in [0, 0.05) is 24.2 Å². The largest absolute Gasteiger partial charge is 0.481 e. The number of carbonyl (C=O) groups is 2. The first-order chi connectivity index (χ1) is 11.6. The monoisotopic (exact) mass is 327 g/mol. The molecule has 0 bridgehead atoms. The van der Waals surface area contributed by atoms with E-state index in [1.807, 2.05) is 30.3 Å². The van der Waals surface area contributed by atoms with Crippen molar-refractivity contribution >= 4 is 22.9 Å². The lowest BCUT2D eigenvalue weighted by atomic mass is 9.86. The predicted molar refractivity (Wildman–Crippen MR) is 90.5 cm³/mol. The van der Waals surface area contributed by atoms with Crippen molar-refractivity contribution in [3.63, 3.8) is 0 Å². The van der Waals surface area contributed by atoms with Crippen LogP contribution in [0.5, 0.6) is 0 Å². The molecule has 0 spiro atoms. The number of pyridine rings is 1. The number of benzene rings is 1. The first kappa shape index (κ1) is 16.2. The molecule has 1 aliphatic carbocycles. The molecular formula is C18H21N3O3. The van der Waals surface area contributed by atoms with Gasteiger partial charge >= 0.3 is 12.0 Å². The lowest BCUT2D eigenvalue weighted by Gasteiger charge is -2.26. The van der Waals surface area contributed by atoms with Gasteiger partial charge in [0.25, 0.3) is 0 Å². The van der Waals surface area contributed by atoms with Crippen LogP contribution in [0.25, 0.3) is 10.9 Å². The van der Waals surface area contributed by atoms with Crippen molar-refractivity contribution in [2.45, 2.75) is 38.3 Å². The number of aliphatic carboxylic acids is 1. The van der Waals surface area contributed by atoms with Crippen LogP contribution in [0.15, 0.2) is 36.5 Å². The van der Waals surface area contributed by atoms with Crippen LogP contribution in [0.1, 0.15) is 31.2 Å². The summed E-state index contributed by atoms with van der Waals surface area (Å²) in [6, 6.07) is 9.64. The summed E-state index contributed by atoms with van der Waals surface area (Å²) in [6.45, 7) is 0.446. The van der Waals surface area contributed by atoms with E-state index < -0.39 is 5.97 Å². The molecule has 0 aliphatic heterocycles. The third-order valence-corrected chi connectivity index (χ3v) is 4.53. The van der Waals surface area contributed by atoms with Gasteiger partial charge in [0.1, 0.15) is 0 Å². The van der Waals surface area contributed by atoms with Gasteiger partial charge in [-0.25, -0.2) is 4.79 Å². The van der Waals surface area contributed by atoms with Crippen molar-refractivity contribution in [1.29, 1.82) is 0 Å². The zero-order valence-electron chi connectivity index (χ0n) is 13.4. The van der Waals surface area contributed by atoms with Crippen molar-refractivity contribution in [3.8, 4) is 0 Å². The maximum Gasteiger partial charge on any atom is 0.315 e. The highest BCUT2D eigenvalue weighted by atomic mass is 16.4. The van der Waals surface area contributed by atoms with Crippen molar-refractivity contribution in [2.24, 2.45) is 5.92 Å². The zero-order valence-corrected chi connectivity index (χ0v) is 13.4. The van der Waals surface area contributed by atoms with Crippen molar-refractivity contribution in [1.82, 2.24) is 15.6 Å². The quantitative estimate of drug-likeness (QED) is 0.805. The highest BCUT2D eigenvalue weighted by molar-refractivity contribution is 5.79. The Morgan fingerprint density at radius 3 is 2.71 bits per heavy atom. The second-order valence-electron chi connectivity index (χ2n) is 6.24. The molecule has 1 aromatic heterocycles. The van der Waals surface area contributed by atoms with Crippen LogP contribution in [0.2, 0.25) is 0 Å². The topological polar surface area (TPSA) is 91.3 Å². The van der Waals surface area contributed by atoms with E-state index in [4.69, 9.17) is 5.11 Å². The normalized spacial score (nSPS) is 20.5. The Morgan fingerprint density at radius 2 is 1.96 bits per heavy atom. The minimum Gasteiger partial charge on any atom is -0.481 e. The fourth-order valence-corrected chi connectivity index (χ4v) is 3.14. The molecule has 1 fully saturated rings. The number of aromatic nitrogens is 1. The standard InChI is InChI=1S/C18H21N3O3/c22-17(23)13-4-6-15(7-5-13)21-18(24)20-11-12-3-8-16-14(10-12)2-1-9-19-16/h1-3,8-10,13,15H,4-7,11H2,(H,22,23)(H2,20,21,24). The molecule has 0 atom stereocenters. The fourth-order valence-electron chi connectivity index (χ4n) is 3.14. The summed E-state index contributed by atoms with van der Waals surface area (Å²) in [6.07, 6.45) is 4.43. The number of urea groups is 1. The van der Waals surface area contributed by atoms with Gasteiger partial charge in [-0.2, -0.15) is 0 Å². The number of carboxylic acid groups (broad SMARTS) is 1. The summed E-state index contributed by atoms with van der Waals surface area (Å²) < 4.78 is 0. The number of nitrogens with one attached hydrogen (secondary N) is 2. The molecule has 0 saturated heterocycles. The summed E-state index contributed by atoms with van der Waals surface area (Å²) in [7, 11) is 0. The Morgan fingerprint density at radius 1 is 1.17 bits per heavy atom. The molecule has 6 heteroatoms. The molecule has 3 N–H and O–H groups in total. The number of amides is 2. The van der Waals surface area contributed by atoms with Crippen LogP contribution in [-0.4, -0.2) is 28.1 Å². The van der Waals surface area contributed by atoms with Gasteiger partial charge in [-0.1, -0.05) is 12.1 Å². The van der Waals surface area contributed by atoms with E-state index in [0.29, 0.717) is 32.2 Å². The highest BCUT2D eigenvalue weighted by Gasteiger charge is 2.26. The van der Waals surface area contributed by atoms with Gasteiger partial charge in [-0.15, -0.1) is 0 Å². The molecule has 1 heterocycles. The number of carbonyl (C=O) groups excluding carboxylic acids is 1. The molecule has 0 radical (unpaired) electrons. The predicted octanol–water partition coefficient (Wildman–Crippen LogP) is 2.68. The minimum absolute atomic E-state index is 0.0569. The number of fused-ring (bicyclic) bond motifs is 1. The highest BCUT2D eigenvalue weighted by Crippen LogP contribution is 2.24. The molecule has 126 valence electrons. The number of carboxylic acids is 1. The molecule has 0 unspecified atom stereocenters. The smallest absolute Gasteiger partial charge is 0.315 e. The minimum atomic E-state index is -0.733. The summed E-state index contributed by atoms with van der Waals surface area (Å²) in [5, 5.41) is 15.8. The average Bonchev–Trinajstić information content (AvgIpc) is 2.60. The third kappa shape index (κ3) is 4.01. The van der Waals surface area contributed by atoms with E-state index in [0.717, 1.165) is 16.5 Å². The molecule has 1 aliphatic rings. The van der Waals surface area contributed by atoms with Gasteiger partial charge in [-0.3, -0.25) is 9.78 Å². The molecule has 6 nitrogen and oxygen atoms in total. The molecular weight excluding hydrogens is 306 g/mol. The average molecular weight is 327 g/mol. The van der Waals surface area contributed by atoms with E-state index in [1.165, 1.54) is 0 Å². The van der Waals surface area contributed by atoms with Crippen molar-refractivity contribution < 1.29 is 14.7 Å². The summed E-state index contributed by atoms with van der Waals surface area (Å²) in [5.41, 5.74) is 1.95. The van der Waals surface area contributed by atoms with Gasteiger partial charge in [0.2, 0.25) is 0 Å². The molecule has 3 rings (SSSR count). The van der Waals surface area contributed by atoms with Crippen LogP contribution in [0.4, 0.5) is 4.79 Å². The van der Waals surface area contributed by atoms with Gasteiger partial charge in [0.05, 0.1) is 11.4 Å². The number of nitrogens with zero attached hydrogens (tertiary/aromatic N) is 1. The van der Waals surface area contributed by atoms with Crippen LogP contribution in [0, 0.1) is 5.92 Å². The van der Waals surface area contributed by atoms with E-state index in [2.05, 4.69) is 15.6 Å². The molecule has 1 saturated carbocycles. The van der Waals surface area contributed by atoms with E-state index in [9.17, 15) is 9.59 Å². The van der Waals surface area contributed by atoms with Gasteiger partial charge < -0.3 is 15.7 Å². The second kappa shape index (κ2) is 7.29. The Balaban J connectivity index is 1.47. The molecule has 24 heavy (non-hydrogen) atoms. The Labute approximate surface area is 140 Å². The maximum atomic E-state index is 12.0. The van der Waals surface area contributed by atoms with Gasteiger partial charge in [0.15, 0.2) is 0 Å². The SMILES string of the molecule is O=C(NCc1ccc2ncccc2c1)NC1CCC(C(=O)O)CC1. The second-order valence-corrected chi connectivity index (χ2v) is 6.24. The molecule has 2 aromatic rings. The van der Waals surface area contributed by atoms with Crippen LogP contribution in [-0.2, 0) is 11.3 Å². The first-order valence-corrected chi connectivity index (χ1v) is 8.22. The van der Waals surface area contributed by atoms with Gasteiger partial charge in [-0.05, 0) is 49.4 Å². The third-order valence-electron chi connectivity index (χ3n) is 4.53. The van der Waals surface area contributed by atoms with E-state index in [1.54, 1.807) is 6.20 Å². The van der Waals surface area contributed by atoms with Crippen LogP contribution in [0.3, 0.4) is 0 Å². The first-order valence-electron chi connectivity index (χ1n) is 8.22. The number of hydrogen-bond donors (Lipinski definition) is 3. The maximum absolute atomic E-state index is 12.0. The van der Waals surface area contributed by atoms with Crippen LogP contribution >= 0.6 is 0 Å². The summed E-state index contributed by atoms with van der Waals surface area (Å²) in [5.74, 6) is -0.999. The molecule has 1 aromatic carbocycles. The van der Waals surface area contributed by atoms with E-state index >= 15 is 0 Å². The summed E-state index contributed by atoms with van der Waals surface area (Å²) >= 11 is 0. The fraction of sp³-hybridized carbons (Fsp3) is 0.389. The Hall–Kier alpha value is -2.63. The number of rotatable bonds is 4. The molecule has 2 amide bonds. The van der Waals surface area contributed by atoms with Crippen molar-refractivity contribution in [3.05, 3.63) is 42.1 Å². The van der Waals surface area contributed by atoms with Crippen molar-refractivity contribution in [2.75, 3.05) is 0 Å². The zero-order chi connectivity index (χ0) is 16.9. The lowest BCUT2D eigenvalue weighted by molar-refractivity contribution is -0.142. The lowest BCUT2D eigenvalue weighted by Crippen LogP contribution is -2.43. The summed E-state index contributed by atoms with van der Waals surface area (Å²) in [4.78, 5) is 27.2. The number of hydrogen-bond acceptors (Lipinski definition) is 3. The Kier molecular flexibility index (Phi) is 4.93. The van der Waals surface area contributed by atoms with E-state index in [-0.39, 0.29) is 18.0 Å². The Bertz CT molecular complexity index is 739.